The van der Waals surface area contributed by atoms with E-state index in [1.54, 1.807) is 0 Å². The first-order chi connectivity index (χ1) is 12.3. The number of rotatable bonds is 4. The van der Waals surface area contributed by atoms with E-state index in [9.17, 15) is 22.8 Å². The molecule has 0 fully saturated rings. The fraction of sp³-hybridized carbons (Fsp3) is 0.444. The number of fused-ring (bicyclic) bond motifs is 1. The number of nitrogens with one attached hydrogen (secondary N) is 1. The van der Waals surface area contributed by atoms with Crippen LogP contribution in [0.1, 0.15) is 47.7 Å². The predicted octanol–water partition coefficient (Wildman–Crippen LogP) is 3.75. The maximum absolute atomic E-state index is 13.7. The Kier molecular flexibility index (Phi) is 5.01. The fourth-order valence-corrected chi connectivity index (χ4v) is 3.41. The van der Waals surface area contributed by atoms with E-state index in [2.05, 4.69) is 16.4 Å². The molecule has 0 aliphatic carbocycles. The van der Waals surface area contributed by atoms with Crippen molar-refractivity contribution < 1.29 is 17.6 Å². The molecule has 0 saturated carbocycles. The second-order valence-electron chi connectivity index (χ2n) is 6.24. The molecule has 1 N–H and O–H groups in total. The summed E-state index contributed by atoms with van der Waals surface area (Å²) >= 11 is 0. The van der Waals surface area contributed by atoms with E-state index in [1.165, 1.54) is 6.07 Å². The molecule has 3 rings (SSSR count). The monoisotopic (exact) mass is 366 g/mol. The van der Waals surface area contributed by atoms with E-state index in [-0.39, 0.29) is 6.04 Å². The van der Waals surface area contributed by atoms with Crippen LogP contribution in [-0.2, 0) is 25.6 Å². The highest BCUT2D eigenvalue weighted by atomic mass is 19.4. The summed E-state index contributed by atoms with van der Waals surface area (Å²) in [5, 5.41) is 12.7. The summed E-state index contributed by atoms with van der Waals surface area (Å²) in [5.74, 6) is -0.411. The number of aromatic nitrogens is 2. The van der Waals surface area contributed by atoms with Gasteiger partial charge in [0.2, 0.25) is 0 Å². The van der Waals surface area contributed by atoms with Crippen molar-refractivity contribution in [2.75, 3.05) is 6.54 Å². The minimum atomic E-state index is -4.70. The number of nitriles is 1. The minimum Gasteiger partial charge on any atom is -0.328 e. The molecule has 0 radical (unpaired) electrons. The van der Waals surface area contributed by atoms with E-state index in [1.807, 2.05) is 11.5 Å². The summed E-state index contributed by atoms with van der Waals surface area (Å²) in [6.45, 7) is 3.41. The van der Waals surface area contributed by atoms with Crippen molar-refractivity contribution in [3.05, 3.63) is 52.4 Å². The molecule has 8 heteroatoms. The molecule has 0 bridgehead atoms. The third kappa shape index (κ3) is 3.44. The van der Waals surface area contributed by atoms with Crippen molar-refractivity contribution in [2.24, 2.45) is 0 Å². The standard InChI is InChI=1S/C18H18F4N4/c1-2-16-25-15(10-23)17-14(24-7-8-26(16)17)6-4-11-3-5-12(13(19)9-11)18(20,21)22/h3,5,9,14,24H,2,4,6-8H2,1H3. The quantitative estimate of drug-likeness (QED) is 0.839. The summed E-state index contributed by atoms with van der Waals surface area (Å²) in [6, 6.07) is 4.99. The average molecular weight is 366 g/mol. The molecule has 26 heavy (non-hydrogen) atoms. The number of benzene rings is 1. The van der Waals surface area contributed by atoms with Gasteiger partial charge in [0.15, 0.2) is 5.69 Å². The number of imidazole rings is 1. The van der Waals surface area contributed by atoms with Crippen molar-refractivity contribution in [3.63, 3.8) is 0 Å². The Hall–Kier alpha value is -2.40. The number of hydrogen-bond donors (Lipinski definition) is 1. The first-order valence-electron chi connectivity index (χ1n) is 8.43. The Morgan fingerprint density at radius 2 is 2.15 bits per heavy atom. The highest BCUT2D eigenvalue weighted by molar-refractivity contribution is 5.33. The van der Waals surface area contributed by atoms with Gasteiger partial charge in [0.05, 0.1) is 17.3 Å². The van der Waals surface area contributed by atoms with Crippen molar-refractivity contribution in [1.82, 2.24) is 14.9 Å². The summed E-state index contributed by atoms with van der Waals surface area (Å²) < 4.78 is 53.7. The van der Waals surface area contributed by atoms with Crippen LogP contribution in [0, 0.1) is 17.1 Å². The molecular weight excluding hydrogens is 348 g/mol. The van der Waals surface area contributed by atoms with Crippen LogP contribution in [0.25, 0.3) is 0 Å². The molecular formula is C18H18F4N4. The molecule has 1 aliphatic rings. The van der Waals surface area contributed by atoms with Gasteiger partial charge in [-0.05, 0) is 30.5 Å². The molecule has 1 aromatic heterocycles. The summed E-state index contributed by atoms with van der Waals surface area (Å²) in [7, 11) is 0. The first kappa shape index (κ1) is 18.4. The second kappa shape index (κ2) is 7.08. The lowest BCUT2D eigenvalue weighted by molar-refractivity contribution is -0.140. The van der Waals surface area contributed by atoms with Gasteiger partial charge in [0.25, 0.3) is 0 Å². The van der Waals surface area contributed by atoms with Gasteiger partial charge in [-0.3, -0.25) is 0 Å². The normalized spacial score (nSPS) is 17.0. The molecule has 0 spiro atoms. The van der Waals surface area contributed by atoms with Crippen LogP contribution < -0.4 is 5.32 Å². The minimum absolute atomic E-state index is 0.142. The van der Waals surface area contributed by atoms with Gasteiger partial charge in [0.1, 0.15) is 17.7 Å². The largest absolute Gasteiger partial charge is 0.419 e. The van der Waals surface area contributed by atoms with Crippen LogP contribution in [-0.4, -0.2) is 16.1 Å². The third-order valence-corrected chi connectivity index (χ3v) is 4.62. The van der Waals surface area contributed by atoms with Crippen molar-refractivity contribution >= 4 is 0 Å². The predicted molar refractivity (Wildman–Crippen MR) is 86.8 cm³/mol. The van der Waals surface area contributed by atoms with E-state index in [0.717, 1.165) is 30.2 Å². The molecule has 1 atom stereocenters. The Balaban J connectivity index is 1.79. The lowest BCUT2D eigenvalue weighted by Gasteiger charge is -2.27. The zero-order valence-corrected chi connectivity index (χ0v) is 14.2. The van der Waals surface area contributed by atoms with E-state index < -0.39 is 17.6 Å². The Labute approximate surface area is 148 Å². The van der Waals surface area contributed by atoms with Crippen LogP contribution in [0.15, 0.2) is 18.2 Å². The Morgan fingerprint density at radius 3 is 2.77 bits per heavy atom. The van der Waals surface area contributed by atoms with Crippen LogP contribution in [0.2, 0.25) is 0 Å². The van der Waals surface area contributed by atoms with Gasteiger partial charge in [-0.1, -0.05) is 13.0 Å². The lowest BCUT2D eigenvalue weighted by atomic mass is 9.99. The molecule has 2 heterocycles. The van der Waals surface area contributed by atoms with Gasteiger partial charge >= 0.3 is 6.18 Å². The van der Waals surface area contributed by atoms with Gasteiger partial charge < -0.3 is 9.88 Å². The molecule has 0 amide bonds. The smallest absolute Gasteiger partial charge is 0.328 e. The lowest BCUT2D eigenvalue weighted by Crippen LogP contribution is -2.34. The number of halogens is 4. The topological polar surface area (TPSA) is 53.6 Å². The number of alkyl halides is 3. The molecule has 138 valence electrons. The van der Waals surface area contributed by atoms with Crippen molar-refractivity contribution in [2.45, 2.75) is 44.9 Å². The molecule has 2 aromatic rings. The van der Waals surface area contributed by atoms with Gasteiger partial charge in [-0.2, -0.15) is 18.4 Å². The van der Waals surface area contributed by atoms with Crippen LogP contribution in [0.5, 0.6) is 0 Å². The van der Waals surface area contributed by atoms with Gasteiger partial charge in [-0.25, -0.2) is 9.37 Å². The second-order valence-corrected chi connectivity index (χ2v) is 6.24. The van der Waals surface area contributed by atoms with E-state index >= 15 is 0 Å². The SMILES string of the molecule is CCc1nc(C#N)c2n1CCNC2CCc1ccc(C(F)(F)F)c(F)c1. The Morgan fingerprint density at radius 1 is 1.38 bits per heavy atom. The Bertz CT molecular complexity index is 848. The van der Waals surface area contributed by atoms with Crippen molar-refractivity contribution in [3.8, 4) is 6.07 Å². The first-order valence-corrected chi connectivity index (χ1v) is 8.43. The van der Waals surface area contributed by atoms with E-state index in [4.69, 9.17) is 0 Å². The van der Waals surface area contributed by atoms with Crippen LogP contribution in [0.3, 0.4) is 0 Å². The number of nitrogens with zero attached hydrogens (tertiary/aromatic N) is 3. The number of aryl methyl sites for hydroxylation is 2. The number of hydrogen-bond acceptors (Lipinski definition) is 3. The maximum atomic E-state index is 13.7. The summed E-state index contributed by atoms with van der Waals surface area (Å²) in [4.78, 5) is 4.36. The molecule has 1 unspecified atom stereocenters. The zero-order chi connectivity index (χ0) is 18.9. The van der Waals surface area contributed by atoms with Crippen LogP contribution >= 0.6 is 0 Å². The molecule has 1 aliphatic heterocycles. The fourth-order valence-electron chi connectivity index (χ4n) is 3.41. The molecule has 1 aromatic carbocycles. The average Bonchev–Trinajstić information content (AvgIpc) is 2.97. The summed E-state index contributed by atoms with van der Waals surface area (Å²) in [6.07, 6.45) is -3.05. The summed E-state index contributed by atoms with van der Waals surface area (Å²) in [5.41, 5.74) is 0.415. The van der Waals surface area contributed by atoms with Crippen LogP contribution in [0.4, 0.5) is 17.6 Å². The molecule has 4 nitrogen and oxygen atoms in total. The van der Waals surface area contributed by atoms with E-state index in [0.29, 0.717) is 37.1 Å². The van der Waals surface area contributed by atoms with Crippen molar-refractivity contribution in [1.29, 1.82) is 5.26 Å². The highest BCUT2D eigenvalue weighted by Gasteiger charge is 2.34. The van der Waals surface area contributed by atoms with Gasteiger partial charge in [-0.15, -0.1) is 0 Å². The zero-order valence-electron chi connectivity index (χ0n) is 14.2. The van der Waals surface area contributed by atoms with Gasteiger partial charge in [0, 0.05) is 19.5 Å². The third-order valence-electron chi connectivity index (χ3n) is 4.62. The highest BCUT2D eigenvalue weighted by Crippen LogP contribution is 2.32. The maximum Gasteiger partial charge on any atom is 0.419 e. The molecule has 0 saturated heterocycles.